The van der Waals surface area contributed by atoms with Crippen molar-refractivity contribution in [3.05, 3.63) is 29.3 Å². The van der Waals surface area contributed by atoms with E-state index in [0.29, 0.717) is 17.7 Å². The van der Waals surface area contributed by atoms with Crippen molar-refractivity contribution >= 4 is 17.6 Å². The predicted molar refractivity (Wildman–Crippen MR) is 77.1 cm³/mol. The van der Waals surface area contributed by atoms with Crippen LogP contribution < -0.4 is 5.32 Å². The molecule has 1 amide bonds. The molecule has 0 unspecified atom stereocenters. The summed E-state index contributed by atoms with van der Waals surface area (Å²) < 4.78 is 0. The molecule has 2 N–H and O–H groups in total. The second-order valence-corrected chi connectivity index (χ2v) is 5.15. The average molecular weight is 276 g/mol. The maximum atomic E-state index is 11.9. The number of carboxylic acids is 1. The number of amides is 1. The van der Waals surface area contributed by atoms with Crippen LogP contribution in [-0.2, 0) is 4.79 Å². The van der Waals surface area contributed by atoms with Crippen LogP contribution in [0.3, 0.4) is 0 Å². The van der Waals surface area contributed by atoms with Crippen molar-refractivity contribution in [2.75, 3.05) is 25.0 Å². The number of nitrogens with zero attached hydrogens (tertiary/aromatic N) is 1. The van der Waals surface area contributed by atoms with Crippen molar-refractivity contribution in [2.24, 2.45) is 0 Å². The third-order valence-corrected chi connectivity index (χ3v) is 3.61. The van der Waals surface area contributed by atoms with Crippen LogP contribution in [0, 0.1) is 6.92 Å². The fraction of sp³-hybridized carbons (Fsp3) is 0.467. The molecule has 1 aromatic carbocycles. The summed E-state index contributed by atoms with van der Waals surface area (Å²) in [6.07, 6.45) is 2.79. The molecular weight excluding hydrogens is 256 g/mol. The lowest BCUT2D eigenvalue weighted by Gasteiger charge is -2.15. The van der Waals surface area contributed by atoms with Gasteiger partial charge in [0, 0.05) is 13.0 Å². The summed E-state index contributed by atoms with van der Waals surface area (Å²) in [4.78, 5) is 25.4. The van der Waals surface area contributed by atoms with Gasteiger partial charge in [0.15, 0.2) is 0 Å². The van der Waals surface area contributed by atoms with Crippen LogP contribution in [0.2, 0.25) is 0 Å². The number of aryl methyl sites for hydroxylation is 1. The number of aromatic carboxylic acids is 1. The molecule has 2 rings (SSSR count). The largest absolute Gasteiger partial charge is 0.478 e. The number of carboxylic acid groups (broad SMARTS) is 1. The highest BCUT2D eigenvalue weighted by Gasteiger charge is 2.16. The quantitative estimate of drug-likeness (QED) is 0.864. The van der Waals surface area contributed by atoms with Gasteiger partial charge < -0.3 is 15.3 Å². The van der Waals surface area contributed by atoms with Gasteiger partial charge in [0.25, 0.3) is 0 Å². The van der Waals surface area contributed by atoms with Gasteiger partial charge >= 0.3 is 5.97 Å². The van der Waals surface area contributed by atoms with E-state index in [9.17, 15) is 14.7 Å². The van der Waals surface area contributed by atoms with Gasteiger partial charge in [-0.2, -0.15) is 0 Å². The van der Waals surface area contributed by atoms with Crippen LogP contribution >= 0.6 is 0 Å². The number of carbonyl (C=O) groups excluding carboxylic acids is 1. The lowest BCUT2D eigenvalue weighted by molar-refractivity contribution is -0.116. The van der Waals surface area contributed by atoms with E-state index in [4.69, 9.17) is 0 Å². The summed E-state index contributed by atoms with van der Waals surface area (Å²) in [6, 6.07) is 5.10. The first-order chi connectivity index (χ1) is 9.58. The zero-order valence-corrected chi connectivity index (χ0v) is 11.7. The van der Waals surface area contributed by atoms with E-state index in [1.165, 1.54) is 12.8 Å². The maximum absolute atomic E-state index is 11.9. The zero-order chi connectivity index (χ0) is 14.5. The number of rotatable bonds is 5. The van der Waals surface area contributed by atoms with Crippen molar-refractivity contribution < 1.29 is 14.7 Å². The van der Waals surface area contributed by atoms with Crippen molar-refractivity contribution in [3.63, 3.8) is 0 Å². The molecule has 0 bridgehead atoms. The number of anilines is 1. The molecule has 1 aliphatic heterocycles. The summed E-state index contributed by atoms with van der Waals surface area (Å²) in [6.45, 7) is 4.57. The van der Waals surface area contributed by atoms with Crippen LogP contribution in [0.5, 0.6) is 0 Å². The molecule has 1 saturated heterocycles. The summed E-state index contributed by atoms with van der Waals surface area (Å²) in [5, 5.41) is 11.9. The van der Waals surface area contributed by atoms with E-state index >= 15 is 0 Å². The first-order valence-corrected chi connectivity index (χ1v) is 6.93. The summed E-state index contributed by atoms with van der Waals surface area (Å²) in [5.74, 6) is -1.15. The van der Waals surface area contributed by atoms with E-state index in [1.54, 1.807) is 25.1 Å². The van der Waals surface area contributed by atoms with Crippen LogP contribution in [0.4, 0.5) is 5.69 Å². The third-order valence-electron chi connectivity index (χ3n) is 3.61. The minimum absolute atomic E-state index is 0.134. The second kappa shape index (κ2) is 6.52. The topological polar surface area (TPSA) is 69.6 Å². The van der Waals surface area contributed by atoms with E-state index in [-0.39, 0.29) is 11.5 Å². The SMILES string of the molecule is Cc1cccc(NC(=O)CCN2CCCC2)c1C(=O)O. The number of hydrogen-bond donors (Lipinski definition) is 2. The average Bonchev–Trinajstić information content (AvgIpc) is 2.89. The van der Waals surface area contributed by atoms with Gasteiger partial charge in [-0.05, 0) is 44.5 Å². The summed E-state index contributed by atoms with van der Waals surface area (Å²) >= 11 is 0. The fourth-order valence-electron chi connectivity index (χ4n) is 2.53. The van der Waals surface area contributed by atoms with Gasteiger partial charge in [0.05, 0.1) is 11.3 Å². The standard InChI is InChI=1S/C15H20N2O3/c1-11-5-4-6-12(14(11)15(19)20)16-13(18)7-10-17-8-2-3-9-17/h4-6H,2-3,7-10H2,1H3,(H,16,18)(H,19,20). The number of carbonyl (C=O) groups is 2. The summed E-state index contributed by atoms with van der Waals surface area (Å²) in [7, 11) is 0. The highest BCUT2D eigenvalue weighted by molar-refractivity contribution is 6.01. The van der Waals surface area contributed by atoms with Gasteiger partial charge in [-0.25, -0.2) is 4.79 Å². The minimum Gasteiger partial charge on any atom is -0.478 e. The molecule has 5 heteroatoms. The summed E-state index contributed by atoms with van der Waals surface area (Å²) in [5.41, 5.74) is 1.20. The Hall–Kier alpha value is -1.88. The van der Waals surface area contributed by atoms with Crippen LogP contribution in [0.25, 0.3) is 0 Å². The number of likely N-dealkylation sites (tertiary alicyclic amines) is 1. The van der Waals surface area contributed by atoms with Crippen LogP contribution in [-0.4, -0.2) is 41.5 Å². The van der Waals surface area contributed by atoms with Gasteiger partial charge in [-0.1, -0.05) is 12.1 Å². The number of nitrogens with one attached hydrogen (secondary N) is 1. The highest BCUT2D eigenvalue weighted by atomic mass is 16.4. The molecule has 1 heterocycles. The predicted octanol–water partition coefficient (Wildman–Crippen LogP) is 2.12. The van der Waals surface area contributed by atoms with E-state index in [2.05, 4.69) is 10.2 Å². The molecule has 108 valence electrons. The molecule has 1 aliphatic rings. The molecule has 0 aliphatic carbocycles. The van der Waals surface area contributed by atoms with Crippen molar-refractivity contribution in [1.29, 1.82) is 0 Å². The minimum atomic E-state index is -1.02. The Labute approximate surface area is 118 Å². The Balaban J connectivity index is 1.96. The van der Waals surface area contributed by atoms with Crippen molar-refractivity contribution in [2.45, 2.75) is 26.2 Å². The molecule has 0 spiro atoms. The Morgan fingerprint density at radius 2 is 2.00 bits per heavy atom. The first-order valence-electron chi connectivity index (χ1n) is 6.93. The normalized spacial score (nSPS) is 15.2. The maximum Gasteiger partial charge on any atom is 0.338 e. The zero-order valence-electron chi connectivity index (χ0n) is 11.7. The van der Waals surface area contributed by atoms with E-state index < -0.39 is 5.97 Å². The second-order valence-electron chi connectivity index (χ2n) is 5.15. The Bertz CT molecular complexity index is 508. The number of hydrogen-bond acceptors (Lipinski definition) is 3. The monoisotopic (exact) mass is 276 g/mol. The molecular formula is C15H20N2O3. The lowest BCUT2D eigenvalue weighted by atomic mass is 10.1. The van der Waals surface area contributed by atoms with Gasteiger partial charge in [0.2, 0.25) is 5.91 Å². The third kappa shape index (κ3) is 3.57. The van der Waals surface area contributed by atoms with Crippen molar-refractivity contribution in [3.8, 4) is 0 Å². The fourth-order valence-corrected chi connectivity index (χ4v) is 2.53. The van der Waals surface area contributed by atoms with Gasteiger partial charge in [-0.3, -0.25) is 4.79 Å². The molecule has 20 heavy (non-hydrogen) atoms. The Morgan fingerprint density at radius 1 is 1.30 bits per heavy atom. The highest BCUT2D eigenvalue weighted by Crippen LogP contribution is 2.19. The van der Waals surface area contributed by atoms with Gasteiger partial charge in [0.1, 0.15) is 0 Å². The molecule has 0 atom stereocenters. The molecule has 0 radical (unpaired) electrons. The first kappa shape index (κ1) is 14.5. The van der Waals surface area contributed by atoms with Gasteiger partial charge in [-0.15, -0.1) is 0 Å². The molecule has 0 saturated carbocycles. The Morgan fingerprint density at radius 3 is 2.65 bits per heavy atom. The van der Waals surface area contributed by atoms with E-state index in [0.717, 1.165) is 19.6 Å². The molecule has 1 aromatic rings. The van der Waals surface area contributed by atoms with E-state index in [1.807, 2.05) is 0 Å². The van der Waals surface area contributed by atoms with Crippen LogP contribution in [0.15, 0.2) is 18.2 Å². The number of benzene rings is 1. The van der Waals surface area contributed by atoms with Crippen molar-refractivity contribution in [1.82, 2.24) is 4.90 Å². The molecule has 5 nitrogen and oxygen atoms in total. The van der Waals surface area contributed by atoms with Crippen LogP contribution in [0.1, 0.15) is 35.2 Å². The molecule has 1 fully saturated rings. The molecule has 0 aromatic heterocycles. The Kier molecular flexibility index (Phi) is 4.74. The lowest BCUT2D eigenvalue weighted by Crippen LogP contribution is -2.25. The smallest absolute Gasteiger partial charge is 0.338 e.